The van der Waals surface area contributed by atoms with Crippen molar-refractivity contribution in [3.05, 3.63) is 81.3 Å². The monoisotopic (exact) mass is 493 g/mol. The molecule has 1 N–H and O–H groups in total. The number of anilines is 1. The van der Waals surface area contributed by atoms with Crippen molar-refractivity contribution in [1.29, 1.82) is 5.26 Å². The molecule has 0 aliphatic rings. The number of carbonyl (C=O) groups is 1. The number of nitrogens with one attached hydrogen (secondary N) is 1. The number of amides is 1. The summed E-state index contributed by atoms with van der Waals surface area (Å²) < 4.78 is 5.77. The van der Waals surface area contributed by atoms with E-state index < -0.39 is 5.91 Å². The summed E-state index contributed by atoms with van der Waals surface area (Å²) in [6, 6.07) is 17.0. The van der Waals surface area contributed by atoms with E-state index in [1.54, 1.807) is 12.3 Å². The number of nitrogens with zero attached hydrogens (tertiary/aromatic N) is 2. The Kier molecular flexibility index (Phi) is 10.1. The van der Waals surface area contributed by atoms with Gasteiger partial charge in [0, 0.05) is 22.5 Å². The minimum Gasteiger partial charge on any atom is -0.494 e. The fourth-order valence-corrected chi connectivity index (χ4v) is 4.35. The van der Waals surface area contributed by atoms with Gasteiger partial charge < -0.3 is 4.74 Å². The van der Waals surface area contributed by atoms with Crippen LogP contribution in [0.5, 0.6) is 5.75 Å². The number of carbonyl (C=O) groups excluding carboxylic acids is 1. The Morgan fingerprint density at radius 2 is 1.91 bits per heavy atom. The van der Waals surface area contributed by atoms with Crippen LogP contribution in [0.15, 0.2) is 60.3 Å². The van der Waals surface area contributed by atoms with Crippen LogP contribution in [0.25, 0.3) is 6.08 Å². The lowest BCUT2D eigenvalue weighted by Crippen LogP contribution is -2.13. The molecule has 3 aromatic rings. The van der Waals surface area contributed by atoms with Gasteiger partial charge in [0.2, 0.25) is 0 Å². The van der Waals surface area contributed by atoms with Gasteiger partial charge >= 0.3 is 0 Å². The second-order valence-corrected chi connectivity index (χ2v) is 9.38. The first-order valence-corrected chi connectivity index (χ1v) is 12.6. The number of aromatic nitrogens is 1. The Labute approximate surface area is 210 Å². The molecule has 0 aliphatic heterocycles. The van der Waals surface area contributed by atoms with Crippen molar-refractivity contribution in [3.63, 3.8) is 0 Å². The van der Waals surface area contributed by atoms with Crippen molar-refractivity contribution < 1.29 is 9.53 Å². The zero-order valence-electron chi connectivity index (χ0n) is 19.2. The SMILES string of the molecule is CCCCCCCOc1ccc(C=C(C#N)C(=O)Nc2ncc(Cc3ccccc3Cl)s2)cc1. The normalized spacial score (nSPS) is 11.1. The highest BCUT2D eigenvalue weighted by Gasteiger charge is 2.13. The molecule has 0 bridgehead atoms. The number of rotatable bonds is 12. The largest absolute Gasteiger partial charge is 0.494 e. The van der Waals surface area contributed by atoms with E-state index in [9.17, 15) is 10.1 Å². The van der Waals surface area contributed by atoms with Gasteiger partial charge in [0.1, 0.15) is 17.4 Å². The maximum atomic E-state index is 12.6. The van der Waals surface area contributed by atoms with Gasteiger partial charge in [-0.1, -0.05) is 74.5 Å². The number of thiazole rings is 1. The van der Waals surface area contributed by atoms with Gasteiger partial charge in [0.25, 0.3) is 5.91 Å². The third-order valence-corrected chi connectivity index (χ3v) is 6.45. The van der Waals surface area contributed by atoms with E-state index >= 15 is 0 Å². The van der Waals surface area contributed by atoms with E-state index in [-0.39, 0.29) is 5.57 Å². The van der Waals surface area contributed by atoms with Crippen molar-refractivity contribution in [2.45, 2.75) is 45.4 Å². The van der Waals surface area contributed by atoms with Crippen LogP contribution in [0.1, 0.15) is 55.0 Å². The van der Waals surface area contributed by atoms with Crippen molar-refractivity contribution in [2.75, 3.05) is 11.9 Å². The van der Waals surface area contributed by atoms with Gasteiger partial charge in [-0.25, -0.2) is 4.98 Å². The smallest absolute Gasteiger partial charge is 0.268 e. The molecule has 0 aliphatic carbocycles. The summed E-state index contributed by atoms with van der Waals surface area (Å²) in [6.07, 6.45) is 9.85. The van der Waals surface area contributed by atoms with Crippen LogP contribution in [0.3, 0.4) is 0 Å². The van der Waals surface area contributed by atoms with Crippen molar-refractivity contribution >= 4 is 40.1 Å². The van der Waals surface area contributed by atoms with Crippen LogP contribution in [0.2, 0.25) is 5.02 Å². The van der Waals surface area contributed by atoms with E-state index in [0.717, 1.165) is 28.2 Å². The molecule has 7 heteroatoms. The van der Waals surface area contributed by atoms with Crippen molar-refractivity contribution in [2.24, 2.45) is 0 Å². The lowest BCUT2D eigenvalue weighted by molar-refractivity contribution is -0.112. The van der Waals surface area contributed by atoms with Crippen molar-refractivity contribution in [1.82, 2.24) is 4.98 Å². The molecule has 0 saturated carbocycles. The molecule has 0 saturated heterocycles. The standard InChI is InChI=1S/C27H28ClN3O2S/c1-2-3-4-5-8-15-33-23-13-11-20(12-14-23)16-22(18-29)26(32)31-27-30-19-24(34-27)17-21-9-6-7-10-25(21)28/h6-7,9-14,16,19H,2-5,8,15,17H2,1H3,(H,30,31,32). The van der Waals surface area contributed by atoms with Gasteiger partial charge in [-0.3, -0.25) is 10.1 Å². The number of unbranched alkanes of at least 4 members (excludes halogenated alkanes) is 4. The topological polar surface area (TPSA) is 75.0 Å². The average Bonchev–Trinajstić information content (AvgIpc) is 3.28. The van der Waals surface area contributed by atoms with Crippen LogP contribution in [0.4, 0.5) is 5.13 Å². The molecule has 0 radical (unpaired) electrons. The zero-order valence-corrected chi connectivity index (χ0v) is 20.8. The molecule has 3 rings (SSSR count). The number of hydrogen-bond donors (Lipinski definition) is 1. The van der Waals surface area contributed by atoms with Crippen LogP contribution in [0, 0.1) is 11.3 Å². The molecule has 1 amide bonds. The van der Waals surface area contributed by atoms with Crippen molar-refractivity contribution in [3.8, 4) is 11.8 Å². The summed E-state index contributed by atoms with van der Waals surface area (Å²) in [5, 5.41) is 13.3. The molecule has 1 heterocycles. The molecule has 0 fully saturated rings. The molecule has 0 atom stereocenters. The fourth-order valence-electron chi connectivity index (χ4n) is 3.31. The molecule has 34 heavy (non-hydrogen) atoms. The van der Waals surface area contributed by atoms with Gasteiger partial charge in [0.15, 0.2) is 5.13 Å². The number of hydrogen-bond acceptors (Lipinski definition) is 5. The quantitative estimate of drug-likeness (QED) is 0.163. The van der Waals surface area contributed by atoms with Crippen LogP contribution in [-0.4, -0.2) is 17.5 Å². The maximum absolute atomic E-state index is 12.6. The highest BCUT2D eigenvalue weighted by atomic mass is 35.5. The minimum atomic E-state index is -0.492. The highest BCUT2D eigenvalue weighted by molar-refractivity contribution is 7.15. The Hall–Kier alpha value is -3.14. The predicted octanol–water partition coefficient (Wildman–Crippen LogP) is 7.28. The first-order chi connectivity index (χ1) is 16.6. The number of ether oxygens (including phenoxy) is 1. The van der Waals surface area contributed by atoms with Gasteiger partial charge in [-0.2, -0.15) is 5.26 Å². The van der Waals surface area contributed by atoms with Crippen LogP contribution in [-0.2, 0) is 11.2 Å². The first-order valence-electron chi connectivity index (χ1n) is 11.4. The molecule has 1 aromatic heterocycles. The van der Waals surface area contributed by atoms with Gasteiger partial charge in [-0.05, 0) is 41.8 Å². The summed E-state index contributed by atoms with van der Waals surface area (Å²) in [6.45, 7) is 2.89. The fraction of sp³-hybridized carbons (Fsp3) is 0.296. The first kappa shape index (κ1) is 25.5. The molecular formula is C27H28ClN3O2S. The Morgan fingerprint density at radius 1 is 1.15 bits per heavy atom. The molecule has 5 nitrogen and oxygen atoms in total. The highest BCUT2D eigenvalue weighted by Crippen LogP contribution is 2.25. The summed E-state index contributed by atoms with van der Waals surface area (Å²) >= 11 is 7.58. The Balaban J connectivity index is 1.54. The van der Waals surface area contributed by atoms with Crippen LogP contribution >= 0.6 is 22.9 Å². The van der Waals surface area contributed by atoms with E-state index in [1.165, 1.54) is 37.0 Å². The van der Waals surface area contributed by atoms with E-state index in [4.69, 9.17) is 16.3 Å². The molecule has 0 unspecified atom stereocenters. The van der Waals surface area contributed by atoms with Crippen LogP contribution < -0.4 is 10.1 Å². The lowest BCUT2D eigenvalue weighted by atomic mass is 10.1. The number of halogens is 1. The second-order valence-electron chi connectivity index (χ2n) is 7.86. The Morgan fingerprint density at radius 3 is 2.65 bits per heavy atom. The second kappa shape index (κ2) is 13.5. The van der Waals surface area contributed by atoms with Gasteiger partial charge in [-0.15, -0.1) is 11.3 Å². The summed E-state index contributed by atoms with van der Waals surface area (Å²) in [5.41, 5.74) is 1.75. The minimum absolute atomic E-state index is 0.00689. The zero-order chi connectivity index (χ0) is 24.2. The van der Waals surface area contributed by atoms with Gasteiger partial charge in [0.05, 0.1) is 6.61 Å². The van der Waals surface area contributed by atoms with E-state index in [2.05, 4.69) is 17.2 Å². The van der Waals surface area contributed by atoms with E-state index in [0.29, 0.717) is 23.2 Å². The average molecular weight is 494 g/mol. The summed E-state index contributed by atoms with van der Waals surface area (Å²) in [4.78, 5) is 17.8. The predicted molar refractivity (Wildman–Crippen MR) is 139 cm³/mol. The molecular weight excluding hydrogens is 466 g/mol. The molecule has 0 spiro atoms. The summed E-state index contributed by atoms with van der Waals surface area (Å²) in [5.74, 6) is 0.290. The molecule has 176 valence electrons. The number of benzene rings is 2. The third kappa shape index (κ3) is 8.02. The lowest BCUT2D eigenvalue weighted by Gasteiger charge is -2.06. The molecule has 2 aromatic carbocycles. The maximum Gasteiger partial charge on any atom is 0.268 e. The third-order valence-electron chi connectivity index (χ3n) is 5.17. The Bertz CT molecular complexity index is 1150. The van der Waals surface area contributed by atoms with E-state index in [1.807, 2.05) is 54.6 Å². The summed E-state index contributed by atoms with van der Waals surface area (Å²) in [7, 11) is 0. The number of nitriles is 1.